The quantitative estimate of drug-likeness (QED) is 0.850. The summed E-state index contributed by atoms with van der Waals surface area (Å²) in [5.41, 5.74) is 0.416. The van der Waals surface area contributed by atoms with Crippen LogP contribution in [-0.2, 0) is 13.2 Å². The summed E-state index contributed by atoms with van der Waals surface area (Å²) in [6, 6.07) is 1.57. The minimum atomic E-state index is -2.44. The number of rotatable bonds is 3. The van der Waals surface area contributed by atoms with Crippen molar-refractivity contribution < 1.29 is 13.9 Å². The predicted octanol–water partition coefficient (Wildman–Crippen LogP) is 1.25. The lowest BCUT2D eigenvalue weighted by Gasteiger charge is -2.02. The van der Waals surface area contributed by atoms with Gasteiger partial charge in [-0.1, -0.05) is 0 Å². The summed E-state index contributed by atoms with van der Waals surface area (Å²) in [6.07, 6.45) is -2.44. The largest absolute Gasteiger partial charge is 0.390 e. The second-order valence-corrected chi connectivity index (χ2v) is 3.29. The highest BCUT2D eigenvalue weighted by molar-refractivity contribution is 14.1. The van der Waals surface area contributed by atoms with Gasteiger partial charge in [-0.05, 0) is 28.7 Å². The maximum Gasteiger partial charge on any atom is 0.257 e. The average molecular weight is 288 g/mol. The highest BCUT2D eigenvalue weighted by Gasteiger charge is 2.09. The fraction of sp³-hybridized carbons (Fsp3) is 0.500. The third-order valence-corrected chi connectivity index (χ3v) is 1.83. The first-order valence-electron chi connectivity index (χ1n) is 3.24. The molecule has 0 bridgehead atoms. The standard InChI is InChI=1S/C6H7F2IN2O/c7-5(8)2-11-4(3-12)1-6(9)10-11/h1,5,12H,2-3H2. The van der Waals surface area contributed by atoms with E-state index in [4.69, 9.17) is 5.11 Å². The Bertz CT molecular complexity index is 264. The molecule has 0 aliphatic heterocycles. The minimum Gasteiger partial charge on any atom is -0.390 e. The third-order valence-electron chi connectivity index (χ3n) is 1.31. The molecule has 1 aromatic heterocycles. The van der Waals surface area contributed by atoms with Crippen LogP contribution < -0.4 is 0 Å². The van der Waals surface area contributed by atoms with Crippen LogP contribution in [0.5, 0.6) is 0 Å². The van der Waals surface area contributed by atoms with Crippen LogP contribution in [0.25, 0.3) is 0 Å². The van der Waals surface area contributed by atoms with E-state index in [-0.39, 0.29) is 6.61 Å². The molecule has 1 aromatic rings. The average Bonchev–Trinajstić information content (AvgIpc) is 2.29. The lowest BCUT2D eigenvalue weighted by atomic mass is 10.4. The summed E-state index contributed by atoms with van der Waals surface area (Å²) in [7, 11) is 0. The molecule has 0 fully saturated rings. The summed E-state index contributed by atoms with van der Waals surface area (Å²) >= 11 is 1.91. The Kier molecular flexibility index (Phi) is 3.39. The van der Waals surface area contributed by atoms with E-state index in [0.29, 0.717) is 9.39 Å². The van der Waals surface area contributed by atoms with Crippen LogP contribution in [0, 0.1) is 3.70 Å². The molecule has 1 N–H and O–H groups in total. The van der Waals surface area contributed by atoms with Gasteiger partial charge in [0.05, 0.1) is 12.3 Å². The van der Waals surface area contributed by atoms with Gasteiger partial charge >= 0.3 is 0 Å². The van der Waals surface area contributed by atoms with E-state index in [1.54, 1.807) is 6.07 Å². The Morgan fingerprint density at radius 3 is 2.83 bits per heavy atom. The molecule has 1 heterocycles. The fourth-order valence-corrected chi connectivity index (χ4v) is 1.46. The molecule has 6 heteroatoms. The van der Waals surface area contributed by atoms with Crippen molar-refractivity contribution in [2.45, 2.75) is 19.6 Å². The number of hydrogen-bond donors (Lipinski definition) is 1. The van der Waals surface area contributed by atoms with Gasteiger partial charge in [0.1, 0.15) is 10.2 Å². The van der Waals surface area contributed by atoms with Crippen molar-refractivity contribution in [2.24, 2.45) is 0 Å². The van der Waals surface area contributed by atoms with Crippen LogP contribution in [0.3, 0.4) is 0 Å². The van der Waals surface area contributed by atoms with Crippen molar-refractivity contribution in [3.63, 3.8) is 0 Å². The van der Waals surface area contributed by atoms with E-state index in [1.807, 2.05) is 22.6 Å². The van der Waals surface area contributed by atoms with Gasteiger partial charge in [0.2, 0.25) is 0 Å². The molecular weight excluding hydrogens is 281 g/mol. The minimum absolute atomic E-state index is 0.261. The van der Waals surface area contributed by atoms with E-state index < -0.39 is 13.0 Å². The molecule has 3 nitrogen and oxygen atoms in total. The van der Waals surface area contributed by atoms with Gasteiger partial charge in [0.25, 0.3) is 6.43 Å². The number of aliphatic hydroxyl groups excluding tert-OH is 1. The van der Waals surface area contributed by atoms with Crippen LogP contribution in [0.15, 0.2) is 6.07 Å². The van der Waals surface area contributed by atoms with Gasteiger partial charge in [-0.15, -0.1) is 0 Å². The van der Waals surface area contributed by atoms with E-state index in [0.717, 1.165) is 4.68 Å². The summed E-state index contributed by atoms with van der Waals surface area (Å²) in [5.74, 6) is 0. The Morgan fingerprint density at radius 2 is 2.33 bits per heavy atom. The topological polar surface area (TPSA) is 38.1 Å². The molecule has 0 atom stereocenters. The van der Waals surface area contributed by atoms with Crippen LogP contribution in [-0.4, -0.2) is 21.3 Å². The van der Waals surface area contributed by atoms with Gasteiger partial charge in [-0.3, -0.25) is 4.68 Å². The number of nitrogens with zero attached hydrogens (tertiary/aromatic N) is 2. The summed E-state index contributed by atoms with van der Waals surface area (Å²) < 4.78 is 25.5. The maximum atomic E-state index is 11.9. The van der Waals surface area contributed by atoms with Gasteiger partial charge < -0.3 is 5.11 Å². The lowest BCUT2D eigenvalue weighted by molar-refractivity contribution is 0.118. The molecule has 1 rings (SSSR count). The number of alkyl halides is 2. The zero-order chi connectivity index (χ0) is 9.14. The monoisotopic (exact) mass is 288 g/mol. The van der Waals surface area contributed by atoms with Gasteiger partial charge in [0.15, 0.2) is 0 Å². The Balaban J connectivity index is 2.81. The van der Waals surface area contributed by atoms with Crippen molar-refractivity contribution in [3.05, 3.63) is 15.5 Å². The molecule has 0 aliphatic rings. The van der Waals surface area contributed by atoms with Crippen molar-refractivity contribution in [3.8, 4) is 0 Å². The van der Waals surface area contributed by atoms with Crippen LogP contribution in [0.4, 0.5) is 8.78 Å². The second kappa shape index (κ2) is 4.13. The van der Waals surface area contributed by atoms with Gasteiger partial charge in [-0.2, -0.15) is 5.10 Å². The number of halogens is 3. The fourth-order valence-electron chi connectivity index (χ4n) is 0.836. The number of hydrogen-bond acceptors (Lipinski definition) is 2. The summed E-state index contributed by atoms with van der Waals surface area (Å²) in [4.78, 5) is 0. The zero-order valence-electron chi connectivity index (χ0n) is 6.04. The van der Waals surface area contributed by atoms with E-state index in [1.165, 1.54) is 0 Å². The molecular formula is C6H7F2IN2O. The number of aromatic nitrogens is 2. The van der Waals surface area contributed by atoms with E-state index in [9.17, 15) is 8.78 Å². The Labute approximate surface area is 81.5 Å². The first-order chi connectivity index (χ1) is 5.63. The van der Waals surface area contributed by atoms with Gasteiger partial charge in [0, 0.05) is 0 Å². The molecule has 0 aliphatic carbocycles. The van der Waals surface area contributed by atoms with Crippen LogP contribution >= 0.6 is 22.6 Å². The second-order valence-electron chi connectivity index (χ2n) is 2.19. The molecule has 0 aromatic carbocycles. The van der Waals surface area contributed by atoms with E-state index in [2.05, 4.69) is 5.10 Å². The number of aliphatic hydroxyl groups is 1. The molecule has 0 radical (unpaired) electrons. The van der Waals surface area contributed by atoms with Crippen LogP contribution in [0.2, 0.25) is 0 Å². The Hall–Kier alpha value is -0.240. The smallest absolute Gasteiger partial charge is 0.257 e. The van der Waals surface area contributed by atoms with Gasteiger partial charge in [-0.25, -0.2) is 8.78 Å². The summed E-state index contributed by atoms with van der Waals surface area (Å²) in [6.45, 7) is -0.721. The van der Waals surface area contributed by atoms with Crippen molar-refractivity contribution in [1.82, 2.24) is 9.78 Å². The molecule has 0 unspecified atom stereocenters. The highest BCUT2D eigenvalue weighted by Crippen LogP contribution is 2.09. The SMILES string of the molecule is OCc1cc(I)nn1CC(F)F. The normalized spacial score (nSPS) is 11.1. The van der Waals surface area contributed by atoms with Crippen molar-refractivity contribution >= 4 is 22.6 Å². The van der Waals surface area contributed by atoms with Crippen LogP contribution in [0.1, 0.15) is 5.69 Å². The predicted molar refractivity (Wildman–Crippen MR) is 46.9 cm³/mol. The first-order valence-corrected chi connectivity index (χ1v) is 4.32. The lowest BCUT2D eigenvalue weighted by Crippen LogP contribution is -2.11. The third kappa shape index (κ3) is 2.37. The van der Waals surface area contributed by atoms with Crippen molar-refractivity contribution in [1.29, 1.82) is 0 Å². The molecule has 0 spiro atoms. The molecule has 68 valence electrons. The Morgan fingerprint density at radius 1 is 1.67 bits per heavy atom. The zero-order valence-corrected chi connectivity index (χ0v) is 8.20. The van der Waals surface area contributed by atoms with E-state index >= 15 is 0 Å². The highest BCUT2D eigenvalue weighted by atomic mass is 127. The molecule has 0 saturated heterocycles. The van der Waals surface area contributed by atoms with Crippen molar-refractivity contribution in [2.75, 3.05) is 0 Å². The summed E-state index contributed by atoms with van der Waals surface area (Å²) in [5, 5.41) is 12.5. The maximum absolute atomic E-state index is 11.9. The molecule has 0 saturated carbocycles. The molecule has 0 amide bonds. The molecule has 12 heavy (non-hydrogen) atoms. The first kappa shape index (κ1) is 9.85.